The fraction of sp³-hybridized carbons (Fsp3) is 0.250. The van der Waals surface area contributed by atoms with Gasteiger partial charge in [-0.15, -0.1) is 0 Å². The molecule has 7 heteroatoms. The Labute approximate surface area is 168 Å². The lowest BCUT2D eigenvalue weighted by Gasteiger charge is -2.31. The van der Waals surface area contributed by atoms with Gasteiger partial charge in [0, 0.05) is 24.6 Å². The molecule has 1 saturated heterocycles. The summed E-state index contributed by atoms with van der Waals surface area (Å²) in [5, 5.41) is 4.88. The molecule has 0 unspecified atom stereocenters. The maximum Gasteiger partial charge on any atom is 0.253 e. The third kappa shape index (κ3) is 5.08. The third-order valence-corrected chi connectivity index (χ3v) is 5.24. The number of hydrogen-bond acceptors (Lipinski definition) is 3. The standard InChI is InChI=1S/C20H19Cl2N3O2/c21-17-7-6-14(12-18(17)22)13-23-24-19(26)15-8-10-25(11-9-15)20(27)16-4-2-1-3-5-16/h1-7,12-13,15H,8-11H2,(H,24,26)/b23-13-. The van der Waals surface area contributed by atoms with Crippen LogP contribution in [0.15, 0.2) is 53.6 Å². The summed E-state index contributed by atoms with van der Waals surface area (Å²) in [4.78, 5) is 26.5. The molecule has 2 aromatic rings. The first-order valence-electron chi connectivity index (χ1n) is 8.67. The lowest BCUT2D eigenvalue weighted by Crippen LogP contribution is -2.42. The SMILES string of the molecule is O=C(N/N=C\c1ccc(Cl)c(Cl)c1)C1CCN(C(=O)c2ccccc2)CC1. The third-order valence-electron chi connectivity index (χ3n) is 4.51. The van der Waals surface area contributed by atoms with Crippen LogP contribution in [0.5, 0.6) is 0 Å². The molecule has 1 aliphatic rings. The maximum absolute atomic E-state index is 12.4. The number of carbonyl (C=O) groups excluding carboxylic acids is 2. The molecule has 1 fully saturated rings. The fourth-order valence-corrected chi connectivity index (χ4v) is 3.27. The molecule has 27 heavy (non-hydrogen) atoms. The number of carbonyl (C=O) groups is 2. The predicted octanol–water partition coefficient (Wildman–Crippen LogP) is 4.00. The number of nitrogens with zero attached hydrogens (tertiary/aromatic N) is 2. The molecule has 5 nitrogen and oxygen atoms in total. The molecule has 1 heterocycles. The summed E-state index contributed by atoms with van der Waals surface area (Å²) >= 11 is 11.8. The largest absolute Gasteiger partial charge is 0.339 e. The molecule has 1 aliphatic heterocycles. The summed E-state index contributed by atoms with van der Waals surface area (Å²) in [5.74, 6) is -0.291. The molecule has 2 amide bonds. The molecule has 0 bridgehead atoms. The topological polar surface area (TPSA) is 61.8 Å². The van der Waals surface area contributed by atoms with Crippen molar-refractivity contribution in [1.29, 1.82) is 0 Å². The Morgan fingerprint density at radius 3 is 2.41 bits per heavy atom. The molecule has 0 saturated carbocycles. The summed E-state index contributed by atoms with van der Waals surface area (Å²) < 4.78 is 0. The number of likely N-dealkylation sites (tertiary alicyclic amines) is 1. The van der Waals surface area contributed by atoms with Gasteiger partial charge in [0.25, 0.3) is 5.91 Å². The van der Waals surface area contributed by atoms with Crippen LogP contribution >= 0.6 is 23.2 Å². The van der Waals surface area contributed by atoms with Crippen LogP contribution in [0.4, 0.5) is 0 Å². The Morgan fingerprint density at radius 1 is 1.04 bits per heavy atom. The van der Waals surface area contributed by atoms with Crippen molar-refractivity contribution in [3.05, 3.63) is 69.7 Å². The summed E-state index contributed by atoms with van der Waals surface area (Å²) in [6.07, 6.45) is 2.76. The Bertz CT molecular complexity index is 848. The smallest absolute Gasteiger partial charge is 0.253 e. The second kappa shape index (κ2) is 9.02. The van der Waals surface area contributed by atoms with Crippen LogP contribution in [-0.4, -0.2) is 36.0 Å². The van der Waals surface area contributed by atoms with E-state index in [4.69, 9.17) is 23.2 Å². The van der Waals surface area contributed by atoms with Gasteiger partial charge in [-0.2, -0.15) is 5.10 Å². The van der Waals surface area contributed by atoms with Crippen molar-refractivity contribution in [2.75, 3.05) is 13.1 Å². The van der Waals surface area contributed by atoms with E-state index in [2.05, 4.69) is 10.5 Å². The van der Waals surface area contributed by atoms with E-state index in [0.29, 0.717) is 41.5 Å². The number of piperidine rings is 1. The van der Waals surface area contributed by atoms with E-state index in [1.807, 2.05) is 18.2 Å². The molecule has 1 N–H and O–H groups in total. The average Bonchev–Trinajstić information content (AvgIpc) is 2.71. The van der Waals surface area contributed by atoms with Crippen molar-refractivity contribution in [3.63, 3.8) is 0 Å². The lowest BCUT2D eigenvalue weighted by molar-refractivity contribution is -0.126. The number of halogens is 2. The van der Waals surface area contributed by atoms with Gasteiger partial charge in [0.1, 0.15) is 0 Å². The minimum atomic E-state index is -0.157. The molecule has 2 aromatic carbocycles. The molecule has 0 aromatic heterocycles. The predicted molar refractivity (Wildman–Crippen MR) is 107 cm³/mol. The highest BCUT2D eigenvalue weighted by Crippen LogP contribution is 2.22. The summed E-state index contributed by atoms with van der Waals surface area (Å²) in [6.45, 7) is 1.12. The van der Waals surface area contributed by atoms with E-state index in [1.54, 1.807) is 35.2 Å². The minimum absolute atomic E-state index is 0.00657. The monoisotopic (exact) mass is 403 g/mol. The van der Waals surface area contributed by atoms with Crippen LogP contribution < -0.4 is 5.43 Å². The number of rotatable bonds is 4. The summed E-state index contributed by atoms with van der Waals surface area (Å²) in [6, 6.07) is 14.3. The molecule has 0 radical (unpaired) electrons. The van der Waals surface area contributed by atoms with Gasteiger partial charge in [0.15, 0.2) is 0 Å². The molecule has 140 valence electrons. The summed E-state index contributed by atoms with van der Waals surface area (Å²) in [7, 11) is 0. The van der Waals surface area contributed by atoms with Gasteiger partial charge >= 0.3 is 0 Å². The number of hydrazone groups is 1. The number of amides is 2. The normalized spacial score (nSPS) is 15.1. The number of nitrogens with one attached hydrogen (secondary N) is 1. The second-order valence-electron chi connectivity index (χ2n) is 6.34. The van der Waals surface area contributed by atoms with Crippen LogP contribution in [0.1, 0.15) is 28.8 Å². The van der Waals surface area contributed by atoms with Crippen molar-refractivity contribution in [3.8, 4) is 0 Å². The van der Waals surface area contributed by atoms with E-state index < -0.39 is 0 Å². The van der Waals surface area contributed by atoms with Crippen molar-refractivity contribution in [2.45, 2.75) is 12.8 Å². The van der Waals surface area contributed by atoms with Crippen molar-refractivity contribution in [1.82, 2.24) is 10.3 Å². The molecular weight excluding hydrogens is 385 g/mol. The van der Waals surface area contributed by atoms with Gasteiger partial charge in [0.2, 0.25) is 5.91 Å². The first-order chi connectivity index (χ1) is 13.0. The quantitative estimate of drug-likeness (QED) is 0.619. The van der Waals surface area contributed by atoms with Gasteiger partial charge in [-0.1, -0.05) is 47.5 Å². The van der Waals surface area contributed by atoms with Crippen LogP contribution in [-0.2, 0) is 4.79 Å². The maximum atomic E-state index is 12.4. The summed E-state index contributed by atoms with van der Waals surface area (Å²) in [5.41, 5.74) is 3.98. The van der Waals surface area contributed by atoms with Gasteiger partial charge in [-0.3, -0.25) is 9.59 Å². The van der Waals surface area contributed by atoms with Gasteiger partial charge in [-0.25, -0.2) is 5.43 Å². The minimum Gasteiger partial charge on any atom is -0.339 e. The highest BCUT2D eigenvalue weighted by molar-refractivity contribution is 6.42. The fourth-order valence-electron chi connectivity index (χ4n) is 2.96. The number of benzene rings is 2. The van der Waals surface area contributed by atoms with Gasteiger partial charge in [0.05, 0.1) is 16.3 Å². The highest BCUT2D eigenvalue weighted by Gasteiger charge is 2.27. The van der Waals surface area contributed by atoms with Crippen LogP contribution in [0.25, 0.3) is 0 Å². The Morgan fingerprint density at radius 2 is 1.74 bits per heavy atom. The molecule has 0 aliphatic carbocycles. The highest BCUT2D eigenvalue weighted by atomic mass is 35.5. The van der Waals surface area contributed by atoms with Crippen LogP contribution in [0, 0.1) is 5.92 Å². The molecule has 3 rings (SSSR count). The first-order valence-corrected chi connectivity index (χ1v) is 9.42. The Balaban J connectivity index is 1.49. The first kappa shape index (κ1) is 19.4. The van der Waals surface area contributed by atoms with Crippen LogP contribution in [0.3, 0.4) is 0 Å². The van der Waals surface area contributed by atoms with Crippen molar-refractivity contribution < 1.29 is 9.59 Å². The van der Waals surface area contributed by atoms with E-state index >= 15 is 0 Å². The van der Waals surface area contributed by atoms with Gasteiger partial charge in [-0.05, 0) is 42.7 Å². The van der Waals surface area contributed by atoms with E-state index in [-0.39, 0.29) is 17.7 Å². The second-order valence-corrected chi connectivity index (χ2v) is 7.15. The molecular formula is C20H19Cl2N3O2. The van der Waals surface area contributed by atoms with Gasteiger partial charge < -0.3 is 4.90 Å². The average molecular weight is 404 g/mol. The van der Waals surface area contributed by atoms with Crippen molar-refractivity contribution >= 4 is 41.2 Å². The zero-order chi connectivity index (χ0) is 19.2. The molecule has 0 spiro atoms. The lowest BCUT2D eigenvalue weighted by atomic mass is 9.95. The zero-order valence-electron chi connectivity index (χ0n) is 14.6. The Kier molecular flexibility index (Phi) is 6.48. The van der Waals surface area contributed by atoms with Crippen LogP contribution in [0.2, 0.25) is 10.0 Å². The van der Waals surface area contributed by atoms with Crippen molar-refractivity contribution in [2.24, 2.45) is 11.0 Å². The Hall–Kier alpha value is -2.37. The van der Waals surface area contributed by atoms with E-state index in [9.17, 15) is 9.59 Å². The molecule has 0 atom stereocenters. The zero-order valence-corrected chi connectivity index (χ0v) is 16.1. The number of hydrogen-bond donors (Lipinski definition) is 1. The van der Waals surface area contributed by atoms with E-state index in [0.717, 1.165) is 5.56 Å². The van der Waals surface area contributed by atoms with E-state index in [1.165, 1.54) is 6.21 Å².